The Morgan fingerprint density at radius 3 is 2.38 bits per heavy atom. The molecule has 76 valence electrons. The summed E-state index contributed by atoms with van der Waals surface area (Å²) in [6.45, 7) is 4.24. The standard InChI is InChI=1S/C9H17NO3/c1-3-7(11)5-6-8(9(12)13)10-4-2/h8,10H,3-6H2,1-2H3,(H,12,13). The summed E-state index contributed by atoms with van der Waals surface area (Å²) in [6.07, 6.45) is 1.22. The van der Waals surface area contributed by atoms with Crippen LogP contribution in [-0.2, 0) is 9.59 Å². The van der Waals surface area contributed by atoms with E-state index in [9.17, 15) is 9.59 Å². The van der Waals surface area contributed by atoms with Crippen LogP contribution in [0.2, 0.25) is 0 Å². The van der Waals surface area contributed by atoms with Gasteiger partial charge in [-0.25, -0.2) is 0 Å². The van der Waals surface area contributed by atoms with E-state index in [-0.39, 0.29) is 5.78 Å². The van der Waals surface area contributed by atoms with E-state index in [0.29, 0.717) is 25.8 Å². The van der Waals surface area contributed by atoms with Gasteiger partial charge in [0.2, 0.25) is 0 Å². The van der Waals surface area contributed by atoms with Gasteiger partial charge in [-0.1, -0.05) is 13.8 Å². The molecule has 0 aromatic carbocycles. The Balaban J connectivity index is 3.82. The zero-order chi connectivity index (χ0) is 10.3. The van der Waals surface area contributed by atoms with E-state index in [4.69, 9.17) is 5.11 Å². The molecule has 0 radical (unpaired) electrons. The fourth-order valence-electron chi connectivity index (χ4n) is 1.04. The SMILES string of the molecule is CCNC(CCC(=O)CC)C(=O)O. The normalized spacial score (nSPS) is 12.5. The lowest BCUT2D eigenvalue weighted by Gasteiger charge is -2.11. The van der Waals surface area contributed by atoms with Crippen LogP contribution >= 0.6 is 0 Å². The Morgan fingerprint density at radius 2 is 2.00 bits per heavy atom. The van der Waals surface area contributed by atoms with Crippen LogP contribution in [0.3, 0.4) is 0 Å². The number of hydrogen-bond acceptors (Lipinski definition) is 3. The Kier molecular flexibility index (Phi) is 6.14. The van der Waals surface area contributed by atoms with E-state index in [0.717, 1.165) is 0 Å². The van der Waals surface area contributed by atoms with Crippen LogP contribution in [0.25, 0.3) is 0 Å². The molecule has 1 unspecified atom stereocenters. The maximum Gasteiger partial charge on any atom is 0.320 e. The summed E-state index contributed by atoms with van der Waals surface area (Å²) in [5.74, 6) is -0.769. The maximum absolute atomic E-state index is 10.9. The van der Waals surface area contributed by atoms with Crippen molar-refractivity contribution in [3.63, 3.8) is 0 Å². The zero-order valence-electron chi connectivity index (χ0n) is 8.17. The molecule has 1 atom stereocenters. The first-order chi connectivity index (χ1) is 6.11. The average Bonchev–Trinajstić information content (AvgIpc) is 2.11. The van der Waals surface area contributed by atoms with Gasteiger partial charge in [-0.2, -0.15) is 0 Å². The second-order valence-corrected chi connectivity index (χ2v) is 2.88. The summed E-state index contributed by atoms with van der Waals surface area (Å²) in [6, 6.07) is -0.583. The molecule has 2 N–H and O–H groups in total. The van der Waals surface area contributed by atoms with E-state index in [1.165, 1.54) is 0 Å². The summed E-state index contributed by atoms with van der Waals surface area (Å²) >= 11 is 0. The van der Waals surface area contributed by atoms with Gasteiger partial charge in [-0.15, -0.1) is 0 Å². The third-order valence-electron chi connectivity index (χ3n) is 1.85. The Bertz CT molecular complexity index is 180. The Hall–Kier alpha value is -0.900. The van der Waals surface area contributed by atoms with Crippen molar-refractivity contribution in [3.8, 4) is 0 Å². The van der Waals surface area contributed by atoms with Crippen LogP contribution in [0.5, 0.6) is 0 Å². The topological polar surface area (TPSA) is 66.4 Å². The van der Waals surface area contributed by atoms with Crippen molar-refractivity contribution in [2.45, 2.75) is 39.2 Å². The lowest BCUT2D eigenvalue weighted by atomic mass is 10.1. The lowest BCUT2D eigenvalue weighted by molar-refractivity contribution is -0.139. The van der Waals surface area contributed by atoms with Gasteiger partial charge in [0.1, 0.15) is 11.8 Å². The van der Waals surface area contributed by atoms with Crippen molar-refractivity contribution in [2.24, 2.45) is 0 Å². The summed E-state index contributed by atoms with van der Waals surface area (Å²) < 4.78 is 0. The van der Waals surface area contributed by atoms with Gasteiger partial charge in [-0.05, 0) is 13.0 Å². The molecule has 0 saturated heterocycles. The number of aliphatic carboxylic acids is 1. The van der Waals surface area contributed by atoms with Gasteiger partial charge in [0.25, 0.3) is 0 Å². The molecule has 0 aliphatic rings. The van der Waals surface area contributed by atoms with Crippen molar-refractivity contribution in [3.05, 3.63) is 0 Å². The number of Topliss-reactive ketones (excluding diaryl/α,β-unsaturated/α-hetero) is 1. The fraction of sp³-hybridized carbons (Fsp3) is 0.778. The number of carbonyl (C=O) groups excluding carboxylic acids is 1. The van der Waals surface area contributed by atoms with Crippen LogP contribution in [0.1, 0.15) is 33.1 Å². The molecule has 0 fully saturated rings. The second-order valence-electron chi connectivity index (χ2n) is 2.88. The third kappa shape index (κ3) is 5.36. The summed E-state index contributed by atoms with van der Waals surface area (Å²) in [5, 5.41) is 11.5. The Morgan fingerprint density at radius 1 is 1.38 bits per heavy atom. The minimum Gasteiger partial charge on any atom is -0.480 e. The average molecular weight is 187 g/mol. The van der Waals surface area contributed by atoms with E-state index < -0.39 is 12.0 Å². The number of carboxylic acids is 1. The van der Waals surface area contributed by atoms with Crippen LogP contribution in [-0.4, -0.2) is 29.4 Å². The molecule has 0 aromatic rings. The van der Waals surface area contributed by atoms with E-state index >= 15 is 0 Å². The van der Waals surface area contributed by atoms with Gasteiger partial charge < -0.3 is 10.4 Å². The molecule has 13 heavy (non-hydrogen) atoms. The number of carbonyl (C=O) groups is 2. The van der Waals surface area contributed by atoms with Crippen molar-refractivity contribution < 1.29 is 14.7 Å². The summed E-state index contributed by atoms with van der Waals surface area (Å²) in [5.41, 5.74) is 0. The predicted octanol–water partition coefficient (Wildman–Crippen LogP) is 0.808. The van der Waals surface area contributed by atoms with Gasteiger partial charge >= 0.3 is 5.97 Å². The van der Waals surface area contributed by atoms with Crippen molar-refractivity contribution in [1.82, 2.24) is 5.32 Å². The Labute approximate surface area is 78.3 Å². The van der Waals surface area contributed by atoms with Crippen LogP contribution in [0, 0.1) is 0 Å². The van der Waals surface area contributed by atoms with E-state index in [1.807, 2.05) is 6.92 Å². The molecule has 0 bridgehead atoms. The fourth-order valence-corrected chi connectivity index (χ4v) is 1.04. The lowest BCUT2D eigenvalue weighted by Crippen LogP contribution is -2.36. The molecule has 0 aliphatic carbocycles. The highest BCUT2D eigenvalue weighted by atomic mass is 16.4. The first-order valence-electron chi connectivity index (χ1n) is 4.59. The van der Waals surface area contributed by atoms with Crippen molar-refractivity contribution >= 4 is 11.8 Å². The molecule has 0 heterocycles. The first-order valence-corrected chi connectivity index (χ1v) is 4.59. The maximum atomic E-state index is 10.9. The molecular formula is C9H17NO3. The number of hydrogen-bond donors (Lipinski definition) is 2. The number of likely N-dealkylation sites (N-methyl/N-ethyl adjacent to an activating group) is 1. The van der Waals surface area contributed by atoms with Crippen molar-refractivity contribution in [1.29, 1.82) is 0 Å². The highest BCUT2D eigenvalue weighted by Crippen LogP contribution is 2.00. The van der Waals surface area contributed by atoms with E-state index in [1.54, 1.807) is 6.92 Å². The van der Waals surface area contributed by atoms with Crippen LogP contribution in [0.4, 0.5) is 0 Å². The molecule has 0 amide bonds. The minimum absolute atomic E-state index is 0.115. The molecule has 0 aromatic heterocycles. The smallest absolute Gasteiger partial charge is 0.320 e. The van der Waals surface area contributed by atoms with Crippen LogP contribution in [0.15, 0.2) is 0 Å². The largest absolute Gasteiger partial charge is 0.480 e. The highest BCUT2D eigenvalue weighted by molar-refractivity contribution is 5.79. The quantitative estimate of drug-likeness (QED) is 0.619. The summed E-state index contributed by atoms with van der Waals surface area (Å²) in [4.78, 5) is 21.5. The van der Waals surface area contributed by atoms with E-state index in [2.05, 4.69) is 5.32 Å². The monoisotopic (exact) mass is 187 g/mol. The predicted molar refractivity (Wildman–Crippen MR) is 49.6 cm³/mol. The highest BCUT2D eigenvalue weighted by Gasteiger charge is 2.16. The molecule has 0 rings (SSSR count). The number of nitrogens with one attached hydrogen (secondary N) is 1. The third-order valence-corrected chi connectivity index (χ3v) is 1.85. The minimum atomic E-state index is -0.884. The molecule has 0 spiro atoms. The van der Waals surface area contributed by atoms with Gasteiger partial charge in [0.05, 0.1) is 0 Å². The number of carboxylic acid groups (broad SMARTS) is 1. The molecular weight excluding hydrogens is 170 g/mol. The first kappa shape index (κ1) is 12.1. The summed E-state index contributed by atoms with van der Waals surface area (Å²) in [7, 11) is 0. The van der Waals surface area contributed by atoms with Gasteiger partial charge in [-0.3, -0.25) is 9.59 Å². The van der Waals surface area contributed by atoms with Crippen molar-refractivity contribution in [2.75, 3.05) is 6.54 Å². The van der Waals surface area contributed by atoms with Crippen LogP contribution < -0.4 is 5.32 Å². The zero-order valence-corrected chi connectivity index (χ0v) is 8.17. The van der Waals surface area contributed by atoms with Gasteiger partial charge in [0, 0.05) is 12.8 Å². The number of rotatable bonds is 7. The second kappa shape index (κ2) is 6.60. The number of ketones is 1. The molecule has 4 heteroatoms. The molecule has 4 nitrogen and oxygen atoms in total. The van der Waals surface area contributed by atoms with Gasteiger partial charge in [0.15, 0.2) is 0 Å². The molecule has 0 saturated carbocycles. The molecule has 0 aliphatic heterocycles.